The number of fused-ring (bicyclic) bond motifs is 7. The zero-order valence-corrected chi connectivity index (χ0v) is 29.4. The van der Waals surface area contributed by atoms with Gasteiger partial charge in [-0.25, -0.2) is 0 Å². The third-order valence-corrected chi connectivity index (χ3v) is 11.5. The van der Waals surface area contributed by atoms with Crippen molar-refractivity contribution < 1.29 is 0 Å². The van der Waals surface area contributed by atoms with E-state index in [9.17, 15) is 0 Å². The molecule has 246 valence electrons. The predicted octanol–water partition coefficient (Wildman–Crippen LogP) is 13.8. The van der Waals surface area contributed by atoms with Gasteiger partial charge in [-0.3, -0.25) is 4.99 Å². The first-order valence-electron chi connectivity index (χ1n) is 18.2. The lowest BCUT2D eigenvalue weighted by molar-refractivity contribution is 0.659. The van der Waals surface area contributed by atoms with Crippen molar-refractivity contribution in [3.05, 3.63) is 180 Å². The zero-order valence-electron chi connectivity index (χ0n) is 29.4. The topological polar surface area (TPSA) is 12.4 Å². The highest BCUT2D eigenvalue weighted by molar-refractivity contribution is 6.22. The summed E-state index contributed by atoms with van der Waals surface area (Å²) < 4.78 is 0. The molecule has 0 saturated heterocycles. The highest BCUT2D eigenvalue weighted by Gasteiger charge is 2.36. The van der Waals surface area contributed by atoms with E-state index in [0.717, 1.165) is 0 Å². The van der Waals surface area contributed by atoms with Crippen LogP contribution in [0.5, 0.6) is 0 Å². The van der Waals surface area contributed by atoms with Gasteiger partial charge in [0.2, 0.25) is 0 Å². The van der Waals surface area contributed by atoms with Crippen LogP contribution in [0.4, 0.5) is 0 Å². The van der Waals surface area contributed by atoms with Crippen LogP contribution in [0.25, 0.3) is 87.6 Å². The molecule has 52 heavy (non-hydrogen) atoms. The Hall–Kier alpha value is -6.31. The van der Waals surface area contributed by atoms with Crippen LogP contribution in [0.3, 0.4) is 0 Å². The third-order valence-electron chi connectivity index (χ3n) is 11.5. The molecule has 9 aromatic rings. The van der Waals surface area contributed by atoms with Crippen LogP contribution in [0.2, 0.25) is 0 Å². The van der Waals surface area contributed by atoms with Crippen molar-refractivity contribution in [2.24, 2.45) is 4.99 Å². The quantitative estimate of drug-likeness (QED) is 0.128. The fraction of sp³-hybridized carbons (Fsp3) is 0.0784. The minimum absolute atomic E-state index is 0.122. The van der Waals surface area contributed by atoms with Gasteiger partial charge in [0.25, 0.3) is 0 Å². The molecule has 0 aliphatic heterocycles. The molecule has 0 heterocycles. The van der Waals surface area contributed by atoms with Crippen LogP contribution < -0.4 is 0 Å². The van der Waals surface area contributed by atoms with E-state index < -0.39 is 0 Å². The summed E-state index contributed by atoms with van der Waals surface area (Å²) in [5, 5.41) is 10.1. The standard InChI is InChI=1S/C51H37N/c1-51(2)47-26-32(31-52-3)16-24-41(47)42-25-23-40(30-48(42)51)50-45-14-8-6-12-43(45)49(44-13-7-9-15-46(44)50)39-22-21-37-28-36(19-20-38(37)29-39)35-18-17-33-10-4-5-11-34(33)27-35/h4-30H,3,31H2,1-2H3. The van der Waals surface area contributed by atoms with Gasteiger partial charge in [-0.2, -0.15) is 0 Å². The molecule has 0 radical (unpaired) electrons. The Bertz CT molecular complexity index is 2870. The zero-order chi connectivity index (χ0) is 35.0. The monoisotopic (exact) mass is 663 g/mol. The molecule has 1 heteroatoms. The first-order valence-corrected chi connectivity index (χ1v) is 18.2. The van der Waals surface area contributed by atoms with Crippen molar-refractivity contribution in [1.82, 2.24) is 0 Å². The van der Waals surface area contributed by atoms with Gasteiger partial charge in [0.15, 0.2) is 0 Å². The van der Waals surface area contributed by atoms with Gasteiger partial charge in [-0.05, 0) is 135 Å². The molecule has 0 saturated carbocycles. The van der Waals surface area contributed by atoms with Crippen LogP contribution in [-0.4, -0.2) is 6.72 Å². The molecule has 1 aliphatic rings. The first-order chi connectivity index (χ1) is 25.5. The molecule has 0 fully saturated rings. The normalized spacial score (nSPS) is 13.1. The Morgan fingerprint density at radius 2 is 0.846 bits per heavy atom. The Morgan fingerprint density at radius 3 is 1.44 bits per heavy atom. The molecular formula is C51H37N. The number of rotatable bonds is 5. The maximum Gasteiger partial charge on any atom is 0.0632 e. The molecule has 0 amide bonds. The lowest BCUT2D eigenvalue weighted by atomic mass is 9.80. The van der Waals surface area contributed by atoms with Crippen molar-refractivity contribution in [3.63, 3.8) is 0 Å². The Balaban J connectivity index is 1.12. The maximum atomic E-state index is 4.16. The first kappa shape index (κ1) is 30.5. The van der Waals surface area contributed by atoms with E-state index in [-0.39, 0.29) is 5.41 Å². The smallest absolute Gasteiger partial charge is 0.0632 e. The van der Waals surface area contributed by atoms with Gasteiger partial charge < -0.3 is 0 Å². The van der Waals surface area contributed by atoms with Gasteiger partial charge in [0, 0.05) is 5.41 Å². The molecular weight excluding hydrogens is 627 g/mol. The van der Waals surface area contributed by atoms with Crippen molar-refractivity contribution in [1.29, 1.82) is 0 Å². The fourth-order valence-electron chi connectivity index (χ4n) is 8.87. The van der Waals surface area contributed by atoms with E-state index in [0.29, 0.717) is 6.54 Å². The van der Waals surface area contributed by atoms with E-state index in [1.807, 2.05) is 0 Å². The van der Waals surface area contributed by atoms with Crippen LogP contribution in [-0.2, 0) is 12.0 Å². The molecule has 1 aliphatic carbocycles. The summed E-state index contributed by atoms with van der Waals surface area (Å²) in [6, 6.07) is 61.0. The number of benzene rings is 9. The van der Waals surface area contributed by atoms with Gasteiger partial charge in [-0.15, -0.1) is 0 Å². The van der Waals surface area contributed by atoms with E-state index in [2.05, 4.69) is 189 Å². The molecule has 0 atom stereocenters. The molecule has 9 aromatic carbocycles. The van der Waals surface area contributed by atoms with Gasteiger partial charge in [0.1, 0.15) is 0 Å². The van der Waals surface area contributed by atoms with Crippen molar-refractivity contribution in [3.8, 4) is 44.5 Å². The molecule has 0 spiro atoms. The average Bonchev–Trinajstić information content (AvgIpc) is 3.41. The van der Waals surface area contributed by atoms with Crippen LogP contribution in [0.15, 0.2) is 169 Å². The Morgan fingerprint density at radius 1 is 0.423 bits per heavy atom. The van der Waals surface area contributed by atoms with Crippen molar-refractivity contribution in [2.45, 2.75) is 25.8 Å². The van der Waals surface area contributed by atoms with E-state index >= 15 is 0 Å². The van der Waals surface area contributed by atoms with Gasteiger partial charge in [0.05, 0.1) is 6.54 Å². The molecule has 0 unspecified atom stereocenters. The molecule has 0 N–H and O–H groups in total. The lowest BCUT2D eigenvalue weighted by Crippen LogP contribution is -2.15. The summed E-state index contributed by atoms with van der Waals surface area (Å²) in [7, 11) is 0. The Kier molecular flexibility index (Phi) is 6.82. The molecule has 1 nitrogen and oxygen atoms in total. The predicted molar refractivity (Wildman–Crippen MR) is 224 cm³/mol. The van der Waals surface area contributed by atoms with Crippen molar-refractivity contribution >= 4 is 49.8 Å². The molecule has 0 bridgehead atoms. The second-order valence-corrected chi connectivity index (χ2v) is 14.8. The summed E-state index contributed by atoms with van der Waals surface area (Å²) >= 11 is 0. The number of hydrogen-bond donors (Lipinski definition) is 0. The maximum absolute atomic E-state index is 4.16. The minimum Gasteiger partial charge on any atom is -0.296 e. The largest absolute Gasteiger partial charge is 0.296 e. The number of nitrogens with zero attached hydrogens (tertiary/aromatic N) is 1. The SMILES string of the molecule is C=NCc1ccc2c(c1)C(C)(C)c1cc(-c3c4ccccc4c(-c4ccc5cc(-c6ccc7ccccc7c6)ccc5c4)c4ccccc34)ccc1-2. The van der Waals surface area contributed by atoms with Gasteiger partial charge in [-0.1, -0.05) is 153 Å². The summed E-state index contributed by atoms with van der Waals surface area (Å²) in [5.41, 5.74) is 14.0. The summed E-state index contributed by atoms with van der Waals surface area (Å²) in [6.07, 6.45) is 0. The summed E-state index contributed by atoms with van der Waals surface area (Å²) in [5.74, 6) is 0. The average molecular weight is 664 g/mol. The lowest BCUT2D eigenvalue weighted by Gasteiger charge is -2.23. The van der Waals surface area contributed by atoms with Crippen LogP contribution in [0, 0.1) is 0 Å². The van der Waals surface area contributed by atoms with Crippen LogP contribution >= 0.6 is 0 Å². The Labute approximate surface area is 304 Å². The number of aliphatic imine (C=N–C) groups is 1. The summed E-state index contributed by atoms with van der Waals surface area (Å²) in [6.45, 7) is 9.08. The second kappa shape index (κ2) is 11.6. The number of hydrogen-bond acceptors (Lipinski definition) is 1. The molecule has 0 aromatic heterocycles. The van der Waals surface area contributed by atoms with Crippen LogP contribution in [0.1, 0.15) is 30.5 Å². The minimum atomic E-state index is -0.122. The second-order valence-electron chi connectivity index (χ2n) is 14.8. The highest BCUT2D eigenvalue weighted by atomic mass is 14.7. The fourth-order valence-corrected chi connectivity index (χ4v) is 8.87. The van der Waals surface area contributed by atoms with E-state index in [4.69, 9.17) is 0 Å². The van der Waals surface area contributed by atoms with E-state index in [1.54, 1.807) is 0 Å². The summed E-state index contributed by atoms with van der Waals surface area (Å²) in [4.78, 5) is 4.16. The van der Waals surface area contributed by atoms with Crippen molar-refractivity contribution in [2.75, 3.05) is 0 Å². The highest BCUT2D eigenvalue weighted by Crippen LogP contribution is 2.51. The van der Waals surface area contributed by atoms with Gasteiger partial charge >= 0.3 is 0 Å². The molecule has 10 rings (SSSR count). The third kappa shape index (κ3) is 4.66. The van der Waals surface area contributed by atoms with E-state index in [1.165, 1.54) is 104 Å².